The molecule has 0 heterocycles. The van der Waals surface area contributed by atoms with Gasteiger partial charge in [0, 0.05) is 40.0 Å². The van der Waals surface area contributed by atoms with E-state index < -0.39 is 15.7 Å². The summed E-state index contributed by atoms with van der Waals surface area (Å²) in [5.41, 5.74) is 0.796. The van der Waals surface area contributed by atoms with Gasteiger partial charge in [0.15, 0.2) is 0 Å². The molecule has 6 nitrogen and oxygen atoms in total. The Hall–Kier alpha value is -1.94. The molecule has 1 fully saturated rings. The summed E-state index contributed by atoms with van der Waals surface area (Å²) in [6.45, 7) is 1.93. The summed E-state index contributed by atoms with van der Waals surface area (Å²) in [5.74, 6) is 0.665. The highest BCUT2D eigenvalue weighted by Gasteiger charge is 2.26. The lowest BCUT2D eigenvalue weighted by Crippen LogP contribution is -2.33. The van der Waals surface area contributed by atoms with Crippen LogP contribution >= 0.6 is 0 Å². The molecule has 1 N–H and O–H groups in total. The number of non-ortho nitro benzene ring substituents is 1. The van der Waals surface area contributed by atoms with E-state index in [-0.39, 0.29) is 22.5 Å². The number of rotatable bonds is 5. The number of nitro benzene ring substituents is 1. The maximum atomic E-state index is 12.0. The van der Waals surface area contributed by atoms with E-state index in [1.54, 1.807) is 6.07 Å². The molecule has 0 spiro atoms. The lowest BCUT2D eigenvalue weighted by atomic mass is 9.94. The minimum absolute atomic E-state index is 0.0873. The van der Waals surface area contributed by atoms with Gasteiger partial charge in [-0.2, -0.15) is 5.26 Å². The molecule has 0 saturated heterocycles. The number of hydrogen-bond acceptors (Lipinski definition) is 5. The predicted octanol–water partition coefficient (Wildman–Crippen LogP) is 2.96. The van der Waals surface area contributed by atoms with Crippen LogP contribution in [0.4, 0.5) is 11.4 Å². The number of nitrogens with zero attached hydrogens (tertiary/aromatic N) is 2. The third-order valence-corrected chi connectivity index (χ3v) is 5.72. The highest BCUT2D eigenvalue weighted by molar-refractivity contribution is 7.85. The summed E-state index contributed by atoms with van der Waals surface area (Å²) in [6.07, 6.45) is 3.74. The average molecular weight is 321 g/mol. The van der Waals surface area contributed by atoms with Crippen LogP contribution in [-0.4, -0.2) is 26.2 Å². The van der Waals surface area contributed by atoms with Gasteiger partial charge < -0.3 is 5.32 Å². The van der Waals surface area contributed by atoms with Gasteiger partial charge in [0.25, 0.3) is 5.69 Å². The predicted molar refractivity (Wildman–Crippen MR) is 86.2 cm³/mol. The van der Waals surface area contributed by atoms with Crippen LogP contribution in [0.1, 0.15) is 38.2 Å². The van der Waals surface area contributed by atoms with Crippen molar-refractivity contribution >= 4 is 22.2 Å². The molecule has 1 aliphatic carbocycles. The Balaban J connectivity index is 2.12. The van der Waals surface area contributed by atoms with E-state index >= 15 is 0 Å². The third-order valence-electron chi connectivity index (χ3n) is 3.98. The fourth-order valence-electron chi connectivity index (χ4n) is 2.83. The highest BCUT2D eigenvalue weighted by atomic mass is 32.2. The van der Waals surface area contributed by atoms with Gasteiger partial charge >= 0.3 is 0 Å². The van der Waals surface area contributed by atoms with Gasteiger partial charge in [-0.25, -0.2) is 0 Å². The first-order chi connectivity index (χ1) is 10.5. The molecule has 1 aromatic carbocycles. The number of nitriles is 1. The lowest BCUT2D eigenvalue weighted by molar-refractivity contribution is -0.384. The van der Waals surface area contributed by atoms with E-state index in [2.05, 4.69) is 5.32 Å². The molecule has 1 saturated carbocycles. The molecule has 0 aromatic heterocycles. The Morgan fingerprint density at radius 1 is 1.50 bits per heavy atom. The highest BCUT2D eigenvalue weighted by Crippen LogP contribution is 2.28. The van der Waals surface area contributed by atoms with Crippen molar-refractivity contribution in [2.45, 2.75) is 43.9 Å². The molecule has 3 unspecified atom stereocenters. The van der Waals surface area contributed by atoms with Gasteiger partial charge in [0.1, 0.15) is 6.07 Å². The Morgan fingerprint density at radius 2 is 2.27 bits per heavy atom. The van der Waals surface area contributed by atoms with Gasteiger partial charge in [0.05, 0.1) is 16.2 Å². The van der Waals surface area contributed by atoms with Crippen LogP contribution in [0.15, 0.2) is 18.2 Å². The van der Waals surface area contributed by atoms with E-state index in [4.69, 9.17) is 0 Å². The number of benzene rings is 1. The van der Waals surface area contributed by atoms with Crippen molar-refractivity contribution in [3.8, 4) is 6.07 Å². The van der Waals surface area contributed by atoms with Crippen molar-refractivity contribution in [3.05, 3.63) is 33.9 Å². The molecule has 22 heavy (non-hydrogen) atoms. The molecular weight excluding hydrogens is 302 g/mol. The van der Waals surface area contributed by atoms with Gasteiger partial charge in [-0.3, -0.25) is 14.3 Å². The topological polar surface area (TPSA) is 96.0 Å². The molecule has 7 heteroatoms. The molecule has 0 aliphatic heterocycles. The van der Waals surface area contributed by atoms with Crippen molar-refractivity contribution in [1.82, 2.24) is 0 Å². The summed E-state index contributed by atoms with van der Waals surface area (Å²) in [4.78, 5) is 10.3. The SMILES string of the molecule is CCS(=O)C1CCCC(Nc2ccc([N+](=O)[O-])cc2C#N)C1. The second kappa shape index (κ2) is 7.36. The molecule has 3 atom stereocenters. The molecule has 0 bridgehead atoms. The Labute approximate surface area is 132 Å². The van der Waals surface area contributed by atoms with Crippen LogP contribution in [0.5, 0.6) is 0 Å². The Kier molecular flexibility index (Phi) is 5.50. The van der Waals surface area contributed by atoms with Gasteiger partial charge in [0.2, 0.25) is 0 Å². The summed E-state index contributed by atoms with van der Waals surface area (Å²) < 4.78 is 12.0. The smallest absolute Gasteiger partial charge is 0.270 e. The van der Waals surface area contributed by atoms with Gasteiger partial charge in [-0.05, 0) is 25.3 Å². The summed E-state index contributed by atoms with van der Waals surface area (Å²) in [6, 6.07) is 6.42. The van der Waals surface area contributed by atoms with Crippen LogP contribution < -0.4 is 5.32 Å². The Bertz CT molecular complexity index is 627. The summed E-state index contributed by atoms with van der Waals surface area (Å²) in [5, 5.41) is 23.4. The molecule has 0 amide bonds. The summed E-state index contributed by atoms with van der Waals surface area (Å²) >= 11 is 0. The molecule has 0 radical (unpaired) electrons. The molecule has 2 rings (SSSR count). The van der Waals surface area contributed by atoms with Crippen molar-refractivity contribution in [3.63, 3.8) is 0 Å². The second-order valence-corrected chi connectivity index (χ2v) is 7.40. The fraction of sp³-hybridized carbons (Fsp3) is 0.533. The van der Waals surface area contributed by atoms with Crippen LogP contribution in [0.3, 0.4) is 0 Å². The van der Waals surface area contributed by atoms with E-state index in [1.165, 1.54) is 12.1 Å². The molecule has 1 aromatic rings. The summed E-state index contributed by atoms with van der Waals surface area (Å²) in [7, 11) is -0.803. The van der Waals surface area contributed by atoms with E-state index in [0.29, 0.717) is 11.4 Å². The van der Waals surface area contributed by atoms with Crippen molar-refractivity contribution in [1.29, 1.82) is 5.26 Å². The van der Waals surface area contributed by atoms with Crippen molar-refractivity contribution < 1.29 is 9.13 Å². The first-order valence-electron chi connectivity index (χ1n) is 7.37. The number of nitrogens with one attached hydrogen (secondary N) is 1. The maximum Gasteiger partial charge on any atom is 0.270 e. The van der Waals surface area contributed by atoms with Crippen molar-refractivity contribution in [2.24, 2.45) is 0 Å². The van der Waals surface area contributed by atoms with E-state index in [0.717, 1.165) is 25.7 Å². The maximum absolute atomic E-state index is 12.0. The minimum Gasteiger partial charge on any atom is -0.381 e. The molecule has 118 valence electrons. The average Bonchev–Trinajstić information content (AvgIpc) is 2.54. The normalized spacial score (nSPS) is 22.5. The van der Waals surface area contributed by atoms with Crippen LogP contribution in [-0.2, 0) is 10.8 Å². The monoisotopic (exact) mass is 321 g/mol. The fourth-order valence-corrected chi connectivity index (χ4v) is 4.18. The van der Waals surface area contributed by atoms with E-state index in [1.807, 2.05) is 13.0 Å². The minimum atomic E-state index is -0.803. The number of hydrogen-bond donors (Lipinski definition) is 1. The van der Waals surface area contributed by atoms with Crippen molar-refractivity contribution in [2.75, 3.05) is 11.1 Å². The Morgan fingerprint density at radius 3 is 2.91 bits per heavy atom. The van der Waals surface area contributed by atoms with Gasteiger partial charge in [-0.1, -0.05) is 13.3 Å². The standard InChI is InChI=1S/C15H19N3O3S/c1-2-22(21)14-5-3-4-12(9-14)17-15-7-6-13(18(19)20)8-11(15)10-16/h6-8,12,14,17H,2-5,9H2,1H3. The molecule has 1 aliphatic rings. The zero-order valence-electron chi connectivity index (χ0n) is 12.4. The first-order valence-corrected chi connectivity index (χ1v) is 8.75. The van der Waals surface area contributed by atoms with E-state index in [9.17, 15) is 19.6 Å². The largest absolute Gasteiger partial charge is 0.381 e. The quantitative estimate of drug-likeness (QED) is 0.664. The third kappa shape index (κ3) is 3.83. The van der Waals surface area contributed by atoms with Crippen LogP contribution in [0, 0.1) is 21.4 Å². The zero-order chi connectivity index (χ0) is 16.1. The molecular formula is C15H19N3O3S. The second-order valence-electron chi connectivity index (χ2n) is 5.40. The number of anilines is 1. The first kappa shape index (κ1) is 16.4. The number of nitro groups is 1. The van der Waals surface area contributed by atoms with Crippen LogP contribution in [0.25, 0.3) is 0 Å². The lowest BCUT2D eigenvalue weighted by Gasteiger charge is -2.30. The van der Waals surface area contributed by atoms with Gasteiger partial charge in [-0.15, -0.1) is 0 Å². The van der Waals surface area contributed by atoms with Crippen LogP contribution in [0.2, 0.25) is 0 Å². The zero-order valence-corrected chi connectivity index (χ0v) is 13.3.